The fourth-order valence-corrected chi connectivity index (χ4v) is 2.22. The topological polar surface area (TPSA) is 66.6 Å². The molecule has 1 atom stereocenters. The predicted molar refractivity (Wildman–Crippen MR) is 78.0 cm³/mol. The van der Waals surface area contributed by atoms with Crippen molar-refractivity contribution in [1.82, 2.24) is 4.90 Å². The Kier molecular flexibility index (Phi) is 5.90. The van der Waals surface area contributed by atoms with Crippen molar-refractivity contribution < 1.29 is 10.0 Å². The summed E-state index contributed by atoms with van der Waals surface area (Å²) in [5.41, 5.74) is 0.933. The van der Waals surface area contributed by atoms with Gasteiger partial charge in [0.2, 0.25) is 0 Å². The second kappa shape index (κ2) is 6.98. The molecule has 1 aromatic rings. The number of benzene rings is 1. The van der Waals surface area contributed by atoms with E-state index in [1.54, 1.807) is 19.1 Å². The SMILES string of the molecule is CC(O)CN(Cc1ccc(Br)c([N+](=O)[O-])c1)C(C)C. The molecular formula is C13H19BrN2O3. The third-order valence-electron chi connectivity index (χ3n) is 2.82. The summed E-state index contributed by atoms with van der Waals surface area (Å²) in [5.74, 6) is 0. The summed E-state index contributed by atoms with van der Waals surface area (Å²) >= 11 is 3.17. The zero-order chi connectivity index (χ0) is 14.6. The van der Waals surface area contributed by atoms with Crippen LogP contribution < -0.4 is 0 Å². The Morgan fingerprint density at radius 1 is 1.42 bits per heavy atom. The standard InChI is InChI=1S/C13H19BrN2O3/c1-9(2)15(7-10(3)17)8-11-4-5-12(14)13(6-11)16(18)19/h4-6,9-10,17H,7-8H2,1-3H3. The molecule has 5 nitrogen and oxygen atoms in total. The van der Waals surface area contributed by atoms with E-state index in [1.165, 1.54) is 0 Å². The van der Waals surface area contributed by atoms with Crippen molar-refractivity contribution in [2.24, 2.45) is 0 Å². The summed E-state index contributed by atoms with van der Waals surface area (Å²) in [6.45, 7) is 6.93. The van der Waals surface area contributed by atoms with Gasteiger partial charge in [-0.25, -0.2) is 0 Å². The summed E-state index contributed by atoms with van der Waals surface area (Å²) in [7, 11) is 0. The van der Waals surface area contributed by atoms with Crippen LogP contribution in [0.5, 0.6) is 0 Å². The number of nitro benzene ring substituents is 1. The van der Waals surface area contributed by atoms with Gasteiger partial charge in [0, 0.05) is 25.2 Å². The van der Waals surface area contributed by atoms with Crippen LogP contribution in [0.3, 0.4) is 0 Å². The third-order valence-corrected chi connectivity index (χ3v) is 3.49. The molecule has 106 valence electrons. The Labute approximate surface area is 121 Å². The van der Waals surface area contributed by atoms with Crippen LogP contribution in [0.25, 0.3) is 0 Å². The van der Waals surface area contributed by atoms with Gasteiger partial charge >= 0.3 is 0 Å². The fourth-order valence-electron chi connectivity index (χ4n) is 1.83. The molecule has 0 saturated carbocycles. The second-order valence-corrected chi connectivity index (χ2v) is 5.77. The molecule has 1 N–H and O–H groups in total. The van der Waals surface area contributed by atoms with Gasteiger partial charge in [0.15, 0.2) is 0 Å². The Bertz CT molecular complexity index is 450. The molecule has 0 aliphatic rings. The number of hydrogen-bond acceptors (Lipinski definition) is 4. The minimum absolute atomic E-state index is 0.0678. The summed E-state index contributed by atoms with van der Waals surface area (Å²) in [6.07, 6.45) is -0.423. The van der Waals surface area contributed by atoms with Crippen molar-refractivity contribution in [1.29, 1.82) is 0 Å². The minimum atomic E-state index is -0.423. The summed E-state index contributed by atoms with van der Waals surface area (Å²) < 4.78 is 0.480. The van der Waals surface area contributed by atoms with E-state index in [0.717, 1.165) is 5.56 Å². The first-order valence-electron chi connectivity index (χ1n) is 6.16. The molecule has 1 aromatic carbocycles. The maximum Gasteiger partial charge on any atom is 0.283 e. The van der Waals surface area contributed by atoms with Gasteiger partial charge in [-0.15, -0.1) is 0 Å². The average molecular weight is 331 g/mol. The van der Waals surface area contributed by atoms with E-state index in [2.05, 4.69) is 20.8 Å². The van der Waals surface area contributed by atoms with Crippen molar-refractivity contribution in [3.05, 3.63) is 38.3 Å². The first-order chi connectivity index (χ1) is 8.81. The van der Waals surface area contributed by atoms with Crippen LogP contribution in [0, 0.1) is 10.1 Å². The fraction of sp³-hybridized carbons (Fsp3) is 0.538. The van der Waals surface area contributed by atoms with E-state index < -0.39 is 11.0 Å². The molecule has 6 heteroatoms. The van der Waals surface area contributed by atoms with E-state index in [4.69, 9.17) is 0 Å². The van der Waals surface area contributed by atoms with E-state index in [-0.39, 0.29) is 11.7 Å². The maximum absolute atomic E-state index is 10.9. The molecule has 0 aliphatic carbocycles. The molecule has 0 bridgehead atoms. The van der Waals surface area contributed by atoms with Crippen LogP contribution in [0.2, 0.25) is 0 Å². The average Bonchev–Trinajstić information content (AvgIpc) is 2.29. The lowest BCUT2D eigenvalue weighted by Crippen LogP contribution is -2.36. The first kappa shape index (κ1) is 16.1. The minimum Gasteiger partial charge on any atom is -0.392 e. The van der Waals surface area contributed by atoms with Crippen LogP contribution in [0.4, 0.5) is 5.69 Å². The van der Waals surface area contributed by atoms with Gasteiger partial charge in [-0.2, -0.15) is 0 Å². The van der Waals surface area contributed by atoms with Gasteiger partial charge in [0.05, 0.1) is 15.5 Å². The van der Waals surface area contributed by atoms with Crippen LogP contribution in [-0.2, 0) is 6.54 Å². The molecule has 0 amide bonds. The lowest BCUT2D eigenvalue weighted by Gasteiger charge is -2.27. The highest BCUT2D eigenvalue weighted by atomic mass is 79.9. The smallest absolute Gasteiger partial charge is 0.283 e. The van der Waals surface area contributed by atoms with Gasteiger partial charge in [0.1, 0.15) is 0 Å². The van der Waals surface area contributed by atoms with Gasteiger partial charge in [-0.05, 0) is 48.3 Å². The van der Waals surface area contributed by atoms with Gasteiger partial charge < -0.3 is 5.11 Å². The Morgan fingerprint density at radius 2 is 2.05 bits per heavy atom. The molecule has 1 unspecified atom stereocenters. The van der Waals surface area contributed by atoms with Gasteiger partial charge in [-0.1, -0.05) is 6.07 Å². The van der Waals surface area contributed by atoms with Crippen LogP contribution >= 0.6 is 15.9 Å². The first-order valence-corrected chi connectivity index (χ1v) is 6.95. The lowest BCUT2D eigenvalue weighted by atomic mass is 10.1. The van der Waals surface area contributed by atoms with E-state index in [9.17, 15) is 15.2 Å². The van der Waals surface area contributed by atoms with E-state index >= 15 is 0 Å². The van der Waals surface area contributed by atoms with Crippen molar-refractivity contribution in [3.8, 4) is 0 Å². The number of aliphatic hydroxyl groups is 1. The van der Waals surface area contributed by atoms with Crippen molar-refractivity contribution >= 4 is 21.6 Å². The van der Waals surface area contributed by atoms with Crippen molar-refractivity contribution in [3.63, 3.8) is 0 Å². The highest BCUT2D eigenvalue weighted by Gasteiger charge is 2.16. The molecule has 0 aromatic heterocycles. The normalized spacial score (nSPS) is 13.0. The monoisotopic (exact) mass is 330 g/mol. The van der Waals surface area contributed by atoms with Crippen LogP contribution in [0.1, 0.15) is 26.3 Å². The molecule has 0 heterocycles. The number of halogens is 1. The summed E-state index contributed by atoms with van der Waals surface area (Å²) in [6, 6.07) is 5.38. The molecule has 1 rings (SSSR count). The number of aliphatic hydroxyl groups excluding tert-OH is 1. The number of nitro groups is 1. The van der Waals surface area contributed by atoms with E-state index in [0.29, 0.717) is 17.6 Å². The van der Waals surface area contributed by atoms with Crippen molar-refractivity contribution in [2.45, 2.75) is 39.5 Å². The zero-order valence-corrected chi connectivity index (χ0v) is 12.9. The number of hydrogen-bond donors (Lipinski definition) is 1. The number of nitrogens with zero attached hydrogens (tertiary/aromatic N) is 2. The maximum atomic E-state index is 10.9. The lowest BCUT2D eigenvalue weighted by molar-refractivity contribution is -0.385. The molecule has 0 radical (unpaired) electrons. The highest BCUT2D eigenvalue weighted by molar-refractivity contribution is 9.10. The molecule has 19 heavy (non-hydrogen) atoms. The van der Waals surface area contributed by atoms with Gasteiger partial charge in [0.25, 0.3) is 5.69 Å². The van der Waals surface area contributed by atoms with Gasteiger partial charge in [-0.3, -0.25) is 15.0 Å². The Hall–Kier alpha value is -0.980. The van der Waals surface area contributed by atoms with Crippen molar-refractivity contribution in [2.75, 3.05) is 6.54 Å². The van der Waals surface area contributed by atoms with Crippen LogP contribution in [-0.4, -0.2) is 33.6 Å². The largest absolute Gasteiger partial charge is 0.392 e. The molecule has 0 saturated heterocycles. The van der Waals surface area contributed by atoms with E-state index in [1.807, 2.05) is 19.9 Å². The zero-order valence-electron chi connectivity index (χ0n) is 11.3. The number of rotatable bonds is 6. The Balaban J connectivity index is 2.90. The Morgan fingerprint density at radius 3 is 2.53 bits per heavy atom. The molecule has 0 fully saturated rings. The summed E-state index contributed by atoms with van der Waals surface area (Å²) in [5, 5.41) is 20.4. The predicted octanol–water partition coefficient (Wildman–Crippen LogP) is 2.95. The highest BCUT2D eigenvalue weighted by Crippen LogP contribution is 2.26. The molecule has 0 aliphatic heterocycles. The third kappa shape index (κ3) is 4.89. The second-order valence-electron chi connectivity index (χ2n) is 4.92. The molecule has 0 spiro atoms. The summed E-state index contributed by atoms with van der Waals surface area (Å²) in [4.78, 5) is 12.6. The quantitative estimate of drug-likeness (QED) is 0.643. The molecular weight excluding hydrogens is 312 g/mol. The van der Waals surface area contributed by atoms with Crippen LogP contribution in [0.15, 0.2) is 22.7 Å².